The number of aliphatic imine (C=N–C) groups is 1. The molecule has 29 heavy (non-hydrogen) atoms. The molecule has 11 heteroatoms. The van der Waals surface area contributed by atoms with Crippen LogP contribution in [0.4, 0.5) is 8.78 Å². The molecule has 0 radical (unpaired) electrons. The van der Waals surface area contributed by atoms with E-state index in [2.05, 4.69) is 20.6 Å². The van der Waals surface area contributed by atoms with E-state index in [1.54, 1.807) is 26.4 Å². The Bertz CT molecular complexity index is 777. The molecule has 1 aromatic carbocycles. The Morgan fingerprint density at radius 2 is 1.79 bits per heavy atom. The SMILES string of the molecule is CCNC(=NCc1cc(OC)c(OC)c(OC)c1)NCc1nccn1C(F)F.I. The molecule has 0 saturated heterocycles. The van der Waals surface area contributed by atoms with Crippen LogP contribution in [-0.4, -0.2) is 43.4 Å². The monoisotopic (exact) mass is 525 g/mol. The van der Waals surface area contributed by atoms with Gasteiger partial charge in [0, 0.05) is 18.9 Å². The highest BCUT2D eigenvalue weighted by Gasteiger charge is 2.14. The third-order valence-corrected chi connectivity index (χ3v) is 3.86. The third kappa shape index (κ3) is 6.61. The summed E-state index contributed by atoms with van der Waals surface area (Å²) in [6.45, 7) is 0.313. The summed E-state index contributed by atoms with van der Waals surface area (Å²) in [6.07, 6.45) is 2.57. The molecule has 0 aliphatic carbocycles. The van der Waals surface area contributed by atoms with Gasteiger partial charge in [-0.2, -0.15) is 8.78 Å². The van der Waals surface area contributed by atoms with Gasteiger partial charge < -0.3 is 24.8 Å². The first-order valence-electron chi connectivity index (χ1n) is 8.64. The van der Waals surface area contributed by atoms with Crippen molar-refractivity contribution >= 4 is 29.9 Å². The van der Waals surface area contributed by atoms with E-state index in [9.17, 15) is 8.78 Å². The molecule has 2 N–H and O–H groups in total. The molecule has 0 aliphatic heterocycles. The number of nitrogens with zero attached hydrogens (tertiary/aromatic N) is 3. The molecule has 0 saturated carbocycles. The van der Waals surface area contributed by atoms with Gasteiger partial charge in [0.2, 0.25) is 5.75 Å². The Kier molecular flexibility index (Phi) is 10.5. The fourth-order valence-electron chi connectivity index (χ4n) is 2.56. The summed E-state index contributed by atoms with van der Waals surface area (Å²) in [6, 6.07) is 3.61. The predicted octanol–water partition coefficient (Wildman–Crippen LogP) is 3.18. The fraction of sp³-hybridized carbons (Fsp3) is 0.444. The zero-order valence-corrected chi connectivity index (χ0v) is 19.1. The molecule has 0 unspecified atom stereocenters. The van der Waals surface area contributed by atoms with Gasteiger partial charge in [0.1, 0.15) is 5.82 Å². The first-order chi connectivity index (χ1) is 13.5. The van der Waals surface area contributed by atoms with Crippen LogP contribution < -0.4 is 24.8 Å². The molecule has 1 aromatic heterocycles. The molecule has 0 amide bonds. The van der Waals surface area contributed by atoms with Crippen LogP contribution in [0, 0.1) is 0 Å². The van der Waals surface area contributed by atoms with Crippen molar-refractivity contribution in [1.29, 1.82) is 0 Å². The topological polar surface area (TPSA) is 81.9 Å². The summed E-state index contributed by atoms with van der Waals surface area (Å²) in [5, 5.41) is 6.07. The lowest BCUT2D eigenvalue weighted by Gasteiger charge is -2.14. The Morgan fingerprint density at radius 1 is 1.14 bits per heavy atom. The van der Waals surface area contributed by atoms with E-state index in [0.29, 0.717) is 36.3 Å². The number of hydrogen-bond donors (Lipinski definition) is 2. The smallest absolute Gasteiger partial charge is 0.319 e. The van der Waals surface area contributed by atoms with E-state index < -0.39 is 6.55 Å². The van der Waals surface area contributed by atoms with Gasteiger partial charge in [0.25, 0.3) is 0 Å². The van der Waals surface area contributed by atoms with Crippen LogP contribution in [-0.2, 0) is 13.1 Å². The number of alkyl halides is 2. The zero-order chi connectivity index (χ0) is 20.5. The molecule has 8 nitrogen and oxygen atoms in total. The lowest BCUT2D eigenvalue weighted by molar-refractivity contribution is 0.0668. The second kappa shape index (κ2) is 12.3. The number of rotatable bonds is 9. The summed E-state index contributed by atoms with van der Waals surface area (Å²) >= 11 is 0. The van der Waals surface area contributed by atoms with Crippen LogP contribution in [0.5, 0.6) is 17.2 Å². The molecule has 0 fully saturated rings. The maximum atomic E-state index is 12.9. The normalized spacial score (nSPS) is 11.1. The van der Waals surface area contributed by atoms with E-state index in [-0.39, 0.29) is 36.3 Å². The second-order valence-corrected chi connectivity index (χ2v) is 5.61. The minimum atomic E-state index is -2.64. The lowest BCUT2D eigenvalue weighted by atomic mass is 10.2. The van der Waals surface area contributed by atoms with E-state index in [4.69, 9.17) is 14.2 Å². The number of halogens is 3. The minimum Gasteiger partial charge on any atom is -0.493 e. The Labute approximate surface area is 185 Å². The molecule has 162 valence electrons. The summed E-state index contributed by atoms with van der Waals surface area (Å²) < 4.78 is 42.6. The molecule has 0 aliphatic rings. The maximum absolute atomic E-state index is 12.9. The molecular formula is C18H26F2IN5O3. The van der Waals surface area contributed by atoms with Gasteiger partial charge in [-0.25, -0.2) is 9.98 Å². The van der Waals surface area contributed by atoms with Gasteiger partial charge in [0.05, 0.1) is 34.4 Å². The highest BCUT2D eigenvalue weighted by Crippen LogP contribution is 2.38. The third-order valence-electron chi connectivity index (χ3n) is 3.86. The maximum Gasteiger partial charge on any atom is 0.319 e. The highest BCUT2D eigenvalue weighted by atomic mass is 127. The van der Waals surface area contributed by atoms with Crippen molar-refractivity contribution < 1.29 is 23.0 Å². The number of hydrogen-bond acceptors (Lipinski definition) is 5. The van der Waals surface area contributed by atoms with Crippen molar-refractivity contribution in [3.63, 3.8) is 0 Å². The molecule has 0 bridgehead atoms. The second-order valence-electron chi connectivity index (χ2n) is 5.61. The number of benzene rings is 1. The number of nitrogens with one attached hydrogen (secondary N) is 2. The van der Waals surface area contributed by atoms with Crippen LogP contribution >= 0.6 is 24.0 Å². The number of guanidine groups is 1. The first kappa shape index (κ1) is 24.7. The number of ether oxygens (including phenoxy) is 3. The molecule has 2 rings (SSSR count). The van der Waals surface area contributed by atoms with Gasteiger partial charge in [-0.05, 0) is 24.6 Å². The van der Waals surface area contributed by atoms with Gasteiger partial charge >= 0.3 is 6.55 Å². The van der Waals surface area contributed by atoms with Crippen molar-refractivity contribution in [3.05, 3.63) is 35.9 Å². The molecular weight excluding hydrogens is 499 g/mol. The van der Waals surface area contributed by atoms with Crippen molar-refractivity contribution in [3.8, 4) is 17.2 Å². The molecule has 0 spiro atoms. The van der Waals surface area contributed by atoms with Crippen LogP contribution in [0.25, 0.3) is 0 Å². The van der Waals surface area contributed by atoms with Crippen molar-refractivity contribution in [2.24, 2.45) is 4.99 Å². The van der Waals surface area contributed by atoms with Crippen molar-refractivity contribution in [2.75, 3.05) is 27.9 Å². The summed E-state index contributed by atoms with van der Waals surface area (Å²) in [4.78, 5) is 8.42. The fourth-order valence-corrected chi connectivity index (χ4v) is 2.56. The quantitative estimate of drug-likeness (QED) is 0.298. The average molecular weight is 525 g/mol. The van der Waals surface area contributed by atoms with Crippen LogP contribution in [0.15, 0.2) is 29.5 Å². The van der Waals surface area contributed by atoms with Crippen LogP contribution in [0.2, 0.25) is 0 Å². The van der Waals surface area contributed by atoms with Crippen LogP contribution in [0.3, 0.4) is 0 Å². The zero-order valence-electron chi connectivity index (χ0n) is 16.7. The van der Waals surface area contributed by atoms with Gasteiger partial charge in [-0.3, -0.25) is 4.57 Å². The first-order valence-corrected chi connectivity index (χ1v) is 8.64. The Balaban J connectivity index is 0.00000420. The standard InChI is InChI=1S/C18H25F2N5O3.HI/c1-5-21-18(24-11-15-22-6-7-25(15)17(19)20)23-10-12-8-13(26-2)16(28-4)14(9-12)27-3;/h6-9,17H,5,10-11H2,1-4H3,(H2,21,23,24);1H. The minimum absolute atomic E-state index is 0. The van der Waals surface area contributed by atoms with E-state index in [0.717, 1.165) is 10.1 Å². The Morgan fingerprint density at radius 3 is 2.31 bits per heavy atom. The number of methoxy groups -OCH3 is 3. The number of imidazole rings is 1. The van der Waals surface area contributed by atoms with Crippen LogP contribution in [0.1, 0.15) is 24.9 Å². The van der Waals surface area contributed by atoms with Gasteiger partial charge in [-0.1, -0.05) is 0 Å². The van der Waals surface area contributed by atoms with Gasteiger partial charge in [-0.15, -0.1) is 24.0 Å². The van der Waals surface area contributed by atoms with E-state index in [1.165, 1.54) is 19.5 Å². The molecule has 2 aromatic rings. The largest absolute Gasteiger partial charge is 0.493 e. The molecule has 1 heterocycles. The number of aromatic nitrogens is 2. The predicted molar refractivity (Wildman–Crippen MR) is 117 cm³/mol. The highest BCUT2D eigenvalue weighted by molar-refractivity contribution is 14.0. The van der Waals surface area contributed by atoms with E-state index in [1.807, 2.05) is 6.92 Å². The molecule has 0 atom stereocenters. The summed E-state index contributed by atoms with van der Waals surface area (Å²) in [7, 11) is 4.62. The average Bonchev–Trinajstić information content (AvgIpc) is 3.18. The Hall–Kier alpha value is -2.31. The summed E-state index contributed by atoms with van der Waals surface area (Å²) in [5.74, 6) is 2.25. The van der Waals surface area contributed by atoms with E-state index >= 15 is 0 Å². The van der Waals surface area contributed by atoms with Crippen molar-refractivity contribution in [1.82, 2.24) is 20.2 Å². The lowest BCUT2D eigenvalue weighted by Crippen LogP contribution is -2.37. The van der Waals surface area contributed by atoms with Crippen molar-refractivity contribution in [2.45, 2.75) is 26.6 Å². The van der Waals surface area contributed by atoms with Gasteiger partial charge in [0.15, 0.2) is 17.5 Å². The summed E-state index contributed by atoms with van der Waals surface area (Å²) in [5.41, 5.74) is 0.834.